The van der Waals surface area contributed by atoms with Crippen molar-refractivity contribution in [3.05, 3.63) is 35.9 Å². The number of likely N-dealkylation sites (tertiary alicyclic amines) is 1. The molecule has 0 bridgehead atoms. The summed E-state index contributed by atoms with van der Waals surface area (Å²) in [4.78, 5) is 25.7. The Morgan fingerprint density at radius 1 is 1.21 bits per heavy atom. The van der Waals surface area contributed by atoms with Gasteiger partial charge in [-0.05, 0) is 18.4 Å². The van der Waals surface area contributed by atoms with Crippen LogP contribution in [-0.4, -0.2) is 29.4 Å². The van der Waals surface area contributed by atoms with Crippen LogP contribution in [0.3, 0.4) is 0 Å². The van der Waals surface area contributed by atoms with E-state index in [9.17, 15) is 9.59 Å². The van der Waals surface area contributed by atoms with Crippen LogP contribution in [0.15, 0.2) is 30.3 Å². The van der Waals surface area contributed by atoms with Crippen molar-refractivity contribution in [2.24, 2.45) is 5.92 Å². The topological polar surface area (TPSA) is 46.6 Å². The van der Waals surface area contributed by atoms with Crippen LogP contribution >= 0.6 is 0 Å². The Bertz CT molecular complexity index is 479. The maximum Gasteiger partial charge on any atom is 0.235 e. The summed E-state index contributed by atoms with van der Waals surface area (Å²) >= 11 is 0. The van der Waals surface area contributed by atoms with Crippen molar-refractivity contribution in [2.45, 2.75) is 31.9 Å². The number of carbonyl (C=O) groups is 2. The van der Waals surface area contributed by atoms with Crippen molar-refractivity contribution in [2.75, 3.05) is 6.61 Å². The molecule has 2 fully saturated rings. The molecule has 2 aliphatic heterocycles. The molecule has 0 aromatic heterocycles. The minimum Gasteiger partial charge on any atom is -0.377 e. The predicted octanol–water partition coefficient (Wildman–Crippen LogP) is 1.74. The third kappa shape index (κ3) is 2.40. The molecule has 1 aromatic carbocycles. The van der Waals surface area contributed by atoms with Gasteiger partial charge >= 0.3 is 0 Å². The average Bonchev–Trinajstić information content (AvgIpc) is 3.03. The summed E-state index contributed by atoms with van der Waals surface area (Å²) in [6.07, 6.45) is 2.12. The van der Waals surface area contributed by atoms with Gasteiger partial charge in [0, 0.05) is 13.0 Å². The molecule has 0 aliphatic carbocycles. The van der Waals surface area contributed by atoms with Gasteiger partial charge in [-0.3, -0.25) is 14.5 Å². The predicted molar refractivity (Wildman–Crippen MR) is 69.1 cm³/mol. The van der Waals surface area contributed by atoms with E-state index in [1.807, 2.05) is 30.3 Å². The van der Waals surface area contributed by atoms with Gasteiger partial charge in [0.1, 0.15) is 0 Å². The van der Waals surface area contributed by atoms with E-state index in [0.717, 1.165) is 18.4 Å². The SMILES string of the molecule is O=C1C[C@@H]([C@H]2CCCO2)C(=O)N1Cc1ccccc1. The fraction of sp³-hybridized carbons (Fsp3) is 0.467. The van der Waals surface area contributed by atoms with Gasteiger partial charge in [-0.25, -0.2) is 0 Å². The van der Waals surface area contributed by atoms with E-state index < -0.39 is 0 Å². The second-order valence-electron chi connectivity index (χ2n) is 5.17. The number of nitrogens with zero attached hydrogens (tertiary/aromatic N) is 1. The van der Waals surface area contributed by atoms with E-state index in [1.54, 1.807) is 0 Å². The molecule has 0 radical (unpaired) electrons. The number of hydrogen-bond acceptors (Lipinski definition) is 3. The number of amides is 2. The van der Waals surface area contributed by atoms with Crippen molar-refractivity contribution in [1.29, 1.82) is 0 Å². The zero-order valence-electron chi connectivity index (χ0n) is 10.7. The van der Waals surface area contributed by atoms with E-state index in [0.29, 0.717) is 19.6 Å². The summed E-state index contributed by atoms with van der Waals surface area (Å²) in [7, 11) is 0. The molecule has 2 atom stereocenters. The molecule has 4 nitrogen and oxygen atoms in total. The molecule has 4 heteroatoms. The number of carbonyl (C=O) groups excluding carboxylic acids is 2. The summed E-state index contributed by atoms with van der Waals surface area (Å²) in [6.45, 7) is 1.09. The van der Waals surface area contributed by atoms with Gasteiger partial charge in [-0.2, -0.15) is 0 Å². The summed E-state index contributed by atoms with van der Waals surface area (Å²) in [5.74, 6) is -0.409. The van der Waals surface area contributed by atoms with Crippen molar-refractivity contribution in [1.82, 2.24) is 4.90 Å². The van der Waals surface area contributed by atoms with Gasteiger partial charge in [0.05, 0.1) is 18.6 Å². The van der Waals surface area contributed by atoms with Gasteiger partial charge in [0.25, 0.3) is 0 Å². The van der Waals surface area contributed by atoms with Crippen LogP contribution < -0.4 is 0 Å². The maximum absolute atomic E-state index is 12.3. The van der Waals surface area contributed by atoms with E-state index in [2.05, 4.69) is 0 Å². The third-order valence-corrected chi connectivity index (χ3v) is 3.88. The van der Waals surface area contributed by atoms with Crippen molar-refractivity contribution in [3.8, 4) is 0 Å². The molecule has 1 aromatic rings. The van der Waals surface area contributed by atoms with Crippen LogP contribution in [0.5, 0.6) is 0 Å². The summed E-state index contributed by atoms with van der Waals surface area (Å²) in [5, 5.41) is 0. The lowest BCUT2D eigenvalue weighted by Crippen LogP contribution is -2.33. The monoisotopic (exact) mass is 259 g/mol. The highest BCUT2D eigenvalue weighted by atomic mass is 16.5. The second kappa shape index (κ2) is 5.13. The van der Waals surface area contributed by atoms with E-state index in [4.69, 9.17) is 4.74 Å². The second-order valence-corrected chi connectivity index (χ2v) is 5.17. The molecule has 3 rings (SSSR count). The van der Waals surface area contributed by atoms with Gasteiger partial charge in [-0.15, -0.1) is 0 Å². The highest BCUT2D eigenvalue weighted by Gasteiger charge is 2.44. The molecule has 100 valence electrons. The van der Waals surface area contributed by atoms with Gasteiger partial charge < -0.3 is 4.74 Å². The minimum absolute atomic E-state index is 0.0581. The number of rotatable bonds is 3. The van der Waals surface area contributed by atoms with Crippen molar-refractivity contribution < 1.29 is 14.3 Å². The smallest absolute Gasteiger partial charge is 0.235 e. The van der Waals surface area contributed by atoms with E-state index in [-0.39, 0.29) is 23.8 Å². The average molecular weight is 259 g/mol. The molecule has 19 heavy (non-hydrogen) atoms. The Balaban J connectivity index is 1.72. The number of benzene rings is 1. The fourth-order valence-electron chi connectivity index (χ4n) is 2.85. The van der Waals surface area contributed by atoms with Crippen LogP contribution in [0.2, 0.25) is 0 Å². The standard InChI is InChI=1S/C15H17NO3/c17-14-9-12(13-7-4-8-19-13)15(18)16(14)10-11-5-2-1-3-6-11/h1-3,5-6,12-13H,4,7-10H2/t12-,13+/m0/s1. The Kier molecular flexibility index (Phi) is 3.34. The first kappa shape index (κ1) is 12.4. The molecule has 0 spiro atoms. The summed E-state index contributed by atoms with van der Waals surface area (Å²) < 4.78 is 5.55. The lowest BCUT2D eigenvalue weighted by Gasteiger charge is -2.17. The van der Waals surface area contributed by atoms with Crippen LogP contribution in [0.1, 0.15) is 24.8 Å². The summed E-state index contributed by atoms with van der Waals surface area (Å²) in [6, 6.07) is 9.61. The van der Waals surface area contributed by atoms with Crippen LogP contribution in [0, 0.1) is 5.92 Å². The molecule has 2 aliphatic rings. The Morgan fingerprint density at radius 3 is 2.68 bits per heavy atom. The fourth-order valence-corrected chi connectivity index (χ4v) is 2.85. The molecule has 2 amide bonds. The van der Waals surface area contributed by atoms with E-state index >= 15 is 0 Å². The largest absolute Gasteiger partial charge is 0.377 e. The zero-order valence-corrected chi connectivity index (χ0v) is 10.7. The summed E-state index contributed by atoms with van der Waals surface area (Å²) in [5.41, 5.74) is 0.984. The highest BCUT2D eigenvalue weighted by molar-refractivity contribution is 6.03. The van der Waals surface area contributed by atoms with Gasteiger partial charge in [-0.1, -0.05) is 30.3 Å². The normalized spacial score (nSPS) is 27.3. The van der Waals surface area contributed by atoms with Crippen molar-refractivity contribution in [3.63, 3.8) is 0 Å². The lowest BCUT2D eigenvalue weighted by molar-refractivity contribution is -0.141. The molecule has 0 unspecified atom stereocenters. The first-order valence-corrected chi connectivity index (χ1v) is 6.75. The van der Waals surface area contributed by atoms with Crippen LogP contribution in [-0.2, 0) is 20.9 Å². The zero-order chi connectivity index (χ0) is 13.2. The van der Waals surface area contributed by atoms with Gasteiger partial charge in [0.15, 0.2) is 0 Å². The Labute approximate surface area is 112 Å². The number of imide groups is 1. The lowest BCUT2D eigenvalue weighted by atomic mass is 9.98. The first-order valence-electron chi connectivity index (χ1n) is 6.75. The first-order chi connectivity index (χ1) is 9.25. The molecule has 2 saturated heterocycles. The Morgan fingerprint density at radius 2 is 2.00 bits per heavy atom. The highest BCUT2D eigenvalue weighted by Crippen LogP contribution is 2.30. The van der Waals surface area contributed by atoms with Crippen LogP contribution in [0.4, 0.5) is 0 Å². The number of hydrogen-bond donors (Lipinski definition) is 0. The quantitative estimate of drug-likeness (QED) is 0.777. The van der Waals surface area contributed by atoms with Crippen molar-refractivity contribution >= 4 is 11.8 Å². The molecular formula is C15H17NO3. The third-order valence-electron chi connectivity index (χ3n) is 3.88. The maximum atomic E-state index is 12.3. The molecule has 2 heterocycles. The minimum atomic E-state index is -0.265. The Hall–Kier alpha value is -1.68. The molecule has 0 saturated carbocycles. The van der Waals surface area contributed by atoms with Gasteiger partial charge in [0.2, 0.25) is 11.8 Å². The molecular weight excluding hydrogens is 242 g/mol. The van der Waals surface area contributed by atoms with E-state index in [1.165, 1.54) is 4.90 Å². The number of ether oxygens (including phenoxy) is 1. The molecule has 0 N–H and O–H groups in total. The van der Waals surface area contributed by atoms with Crippen LogP contribution in [0.25, 0.3) is 0 Å².